The fourth-order valence-electron chi connectivity index (χ4n) is 2.78. The van der Waals surface area contributed by atoms with Crippen LogP contribution in [0.15, 0.2) is 12.1 Å². The van der Waals surface area contributed by atoms with Crippen LogP contribution in [0.3, 0.4) is 0 Å². The molecule has 21 heavy (non-hydrogen) atoms. The molecule has 0 radical (unpaired) electrons. The second-order valence-corrected chi connectivity index (χ2v) is 5.61. The van der Waals surface area contributed by atoms with Crippen molar-refractivity contribution < 1.29 is 9.47 Å². The third-order valence-electron chi connectivity index (χ3n) is 3.90. The van der Waals surface area contributed by atoms with Crippen LogP contribution < -0.4 is 10.2 Å². The number of hydrogen-bond donors (Lipinski definition) is 1. The van der Waals surface area contributed by atoms with E-state index >= 15 is 0 Å². The number of nitrogens with zero attached hydrogens (tertiary/aromatic N) is 2. The van der Waals surface area contributed by atoms with Crippen molar-refractivity contribution in [2.45, 2.75) is 39.0 Å². The molecule has 5 nitrogen and oxygen atoms in total. The normalized spacial score (nSPS) is 22.0. The summed E-state index contributed by atoms with van der Waals surface area (Å²) in [7, 11) is 3.48. The minimum atomic E-state index is 0.110. The Morgan fingerprint density at radius 2 is 1.90 bits per heavy atom. The second-order valence-electron chi connectivity index (χ2n) is 5.61. The fraction of sp³-hybridized carbons (Fsp3) is 0.688. The van der Waals surface area contributed by atoms with Gasteiger partial charge in [0.15, 0.2) is 0 Å². The number of aryl methyl sites for hydroxylation is 1. The molecule has 1 fully saturated rings. The summed E-state index contributed by atoms with van der Waals surface area (Å²) in [5.74, 6) is 1.02. The highest BCUT2D eigenvalue weighted by Crippen LogP contribution is 2.23. The van der Waals surface area contributed by atoms with Crippen LogP contribution in [0.4, 0.5) is 5.82 Å². The predicted molar refractivity (Wildman–Crippen MR) is 84.8 cm³/mol. The van der Waals surface area contributed by atoms with Gasteiger partial charge in [-0.2, -0.15) is 0 Å². The van der Waals surface area contributed by atoms with Gasteiger partial charge in [0.1, 0.15) is 18.0 Å². The van der Waals surface area contributed by atoms with Gasteiger partial charge >= 0.3 is 0 Å². The first-order valence-electron chi connectivity index (χ1n) is 7.66. The van der Waals surface area contributed by atoms with Gasteiger partial charge in [-0.25, -0.2) is 4.98 Å². The first-order chi connectivity index (χ1) is 10.2. The summed E-state index contributed by atoms with van der Waals surface area (Å²) in [4.78, 5) is 6.92. The summed E-state index contributed by atoms with van der Waals surface area (Å²) in [6.45, 7) is 7.80. The highest BCUT2D eigenvalue weighted by molar-refractivity contribution is 5.44. The molecule has 0 aliphatic carbocycles. The topological polar surface area (TPSA) is 46.6 Å². The molecule has 1 aromatic heterocycles. The maximum absolute atomic E-state index is 5.50. The first kappa shape index (κ1) is 16.2. The summed E-state index contributed by atoms with van der Waals surface area (Å²) in [5, 5.41) is 3.44. The van der Waals surface area contributed by atoms with Crippen LogP contribution >= 0.6 is 0 Å². The molecular formula is C16H27N3O2. The largest absolute Gasteiger partial charge is 0.377 e. The Hall–Kier alpha value is -1.17. The Morgan fingerprint density at radius 1 is 1.24 bits per heavy atom. The number of rotatable bonds is 7. The number of aromatic nitrogens is 1. The van der Waals surface area contributed by atoms with E-state index in [-0.39, 0.29) is 12.2 Å². The lowest BCUT2D eigenvalue weighted by molar-refractivity contribution is -0.00461. The fourth-order valence-corrected chi connectivity index (χ4v) is 2.78. The Labute approximate surface area is 127 Å². The maximum Gasteiger partial charge on any atom is 0.129 e. The molecule has 2 unspecified atom stereocenters. The number of methoxy groups -OCH3 is 2. The smallest absolute Gasteiger partial charge is 0.129 e. The van der Waals surface area contributed by atoms with E-state index in [9.17, 15) is 0 Å². The molecule has 1 aliphatic rings. The van der Waals surface area contributed by atoms with E-state index in [0.29, 0.717) is 0 Å². The minimum absolute atomic E-state index is 0.110. The lowest BCUT2D eigenvalue weighted by Gasteiger charge is -2.18. The second kappa shape index (κ2) is 7.73. The first-order valence-corrected chi connectivity index (χ1v) is 7.66. The van der Waals surface area contributed by atoms with Crippen LogP contribution in [0.2, 0.25) is 0 Å². The summed E-state index contributed by atoms with van der Waals surface area (Å²) >= 11 is 0. The van der Waals surface area contributed by atoms with Gasteiger partial charge in [0.05, 0.1) is 0 Å². The number of anilines is 1. The van der Waals surface area contributed by atoms with Crippen LogP contribution in [0, 0.1) is 6.92 Å². The molecule has 2 heterocycles. The summed E-state index contributed by atoms with van der Waals surface area (Å²) in [6.07, 6.45) is 1.37. The van der Waals surface area contributed by atoms with Gasteiger partial charge in [0, 0.05) is 39.5 Å². The highest BCUT2D eigenvalue weighted by atomic mass is 16.5. The van der Waals surface area contributed by atoms with Crippen molar-refractivity contribution in [2.75, 3.05) is 38.8 Å². The summed E-state index contributed by atoms with van der Waals surface area (Å²) in [6, 6.07) is 4.31. The van der Waals surface area contributed by atoms with Crippen LogP contribution in [0.5, 0.6) is 0 Å². The molecule has 0 amide bonds. The third kappa shape index (κ3) is 4.15. The van der Waals surface area contributed by atoms with E-state index in [1.807, 2.05) is 6.92 Å². The van der Waals surface area contributed by atoms with Crippen molar-refractivity contribution in [2.24, 2.45) is 0 Å². The van der Waals surface area contributed by atoms with Gasteiger partial charge < -0.3 is 19.7 Å². The van der Waals surface area contributed by atoms with Gasteiger partial charge in [-0.05, 0) is 37.6 Å². The number of pyridine rings is 1. The molecule has 118 valence electrons. The molecule has 5 heteroatoms. The Morgan fingerprint density at radius 3 is 2.48 bits per heavy atom. The van der Waals surface area contributed by atoms with Crippen molar-refractivity contribution in [1.29, 1.82) is 0 Å². The van der Waals surface area contributed by atoms with Gasteiger partial charge in [-0.3, -0.25) is 0 Å². The standard InChI is InChI=1S/C16H27N3O2/c1-5-6-17-9-13-7-12(2)18-16(8-13)19-10-14(20-3)15(11-19)21-4/h7-8,14-15,17H,5-6,9-11H2,1-4H3. The molecule has 0 saturated carbocycles. The van der Waals surface area contributed by atoms with E-state index in [1.165, 1.54) is 5.56 Å². The quantitative estimate of drug-likeness (QED) is 0.776. The maximum atomic E-state index is 5.50. The monoisotopic (exact) mass is 293 g/mol. The van der Waals surface area contributed by atoms with Crippen LogP contribution in [-0.2, 0) is 16.0 Å². The van der Waals surface area contributed by atoms with E-state index in [0.717, 1.165) is 44.1 Å². The van der Waals surface area contributed by atoms with E-state index < -0.39 is 0 Å². The number of nitrogens with one attached hydrogen (secondary N) is 1. The Bertz CT molecular complexity index is 441. The van der Waals surface area contributed by atoms with Gasteiger partial charge in [0.2, 0.25) is 0 Å². The lowest BCUT2D eigenvalue weighted by Crippen LogP contribution is -2.27. The van der Waals surface area contributed by atoms with Crippen molar-refractivity contribution in [3.8, 4) is 0 Å². The predicted octanol–water partition coefficient (Wildman–Crippen LogP) is 1.74. The van der Waals surface area contributed by atoms with E-state index in [4.69, 9.17) is 9.47 Å². The zero-order valence-electron chi connectivity index (χ0n) is 13.6. The molecule has 0 spiro atoms. The zero-order valence-corrected chi connectivity index (χ0v) is 13.6. The average molecular weight is 293 g/mol. The molecule has 2 rings (SSSR count). The Kier molecular flexibility index (Phi) is 5.96. The SMILES string of the molecule is CCCNCc1cc(C)nc(N2CC(OC)C(OC)C2)c1. The Balaban J connectivity index is 2.09. The molecule has 0 aromatic carbocycles. The number of ether oxygens (including phenoxy) is 2. The minimum Gasteiger partial charge on any atom is -0.377 e. The van der Waals surface area contributed by atoms with Crippen LogP contribution in [0.1, 0.15) is 24.6 Å². The molecule has 1 N–H and O–H groups in total. The molecule has 1 aromatic rings. The number of hydrogen-bond acceptors (Lipinski definition) is 5. The molecule has 0 bridgehead atoms. The lowest BCUT2D eigenvalue weighted by atomic mass is 10.2. The van der Waals surface area contributed by atoms with Crippen molar-refractivity contribution in [3.63, 3.8) is 0 Å². The molecule has 1 saturated heterocycles. The average Bonchev–Trinajstić information content (AvgIpc) is 2.90. The summed E-state index contributed by atoms with van der Waals surface area (Å²) < 4.78 is 11.0. The van der Waals surface area contributed by atoms with Crippen LogP contribution in [0.25, 0.3) is 0 Å². The van der Waals surface area contributed by atoms with E-state index in [2.05, 4.69) is 34.3 Å². The molecule has 1 aliphatic heterocycles. The van der Waals surface area contributed by atoms with E-state index in [1.54, 1.807) is 14.2 Å². The van der Waals surface area contributed by atoms with Gasteiger partial charge in [-0.1, -0.05) is 6.92 Å². The molecular weight excluding hydrogens is 266 g/mol. The third-order valence-corrected chi connectivity index (χ3v) is 3.90. The highest BCUT2D eigenvalue weighted by Gasteiger charge is 2.33. The van der Waals surface area contributed by atoms with Crippen LogP contribution in [-0.4, -0.2) is 51.0 Å². The van der Waals surface area contributed by atoms with Crippen molar-refractivity contribution in [3.05, 3.63) is 23.4 Å². The molecule has 2 atom stereocenters. The summed E-state index contributed by atoms with van der Waals surface area (Å²) in [5.41, 5.74) is 2.33. The van der Waals surface area contributed by atoms with Gasteiger partial charge in [0.25, 0.3) is 0 Å². The van der Waals surface area contributed by atoms with Crippen molar-refractivity contribution in [1.82, 2.24) is 10.3 Å². The van der Waals surface area contributed by atoms with Gasteiger partial charge in [-0.15, -0.1) is 0 Å². The van der Waals surface area contributed by atoms with Crippen molar-refractivity contribution >= 4 is 5.82 Å². The zero-order chi connectivity index (χ0) is 15.2.